The number of rotatable bonds is 5. The van der Waals surface area contributed by atoms with E-state index in [0.29, 0.717) is 5.95 Å². The van der Waals surface area contributed by atoms with Crippen LogP contribution in [0.15, 0.2) is 12.3 Å². The van der Waals surface area contributed by atoms with Crippen molar-refractivity contribution in [3.63, 3.8) is 0 Å². The molecule has 1 aromatic heterocycles. The Bertz CT molecular complexity index is 509. The van der Waals surface area contributed by atoms with Gasteiger partial charge in [0, 0.05) is 45.5 Å². The predicted octanol–water partition coefficient (Wildman–Crippen LogP) is 0.448. The van der Waals surface area contributed by atoms with Gasteiger partial charge in [-0.25, -0.2) is 14.3 Å². The molecule has 1 aromatic rings. The SMILES string of the molecule is O=P(Nc1nccc(N2CC2)n1)(N1CC1)N1CC1. The Hall–Kier alpha value is -1.17. The van der Waals surface area contributed by atoms with Crippen molar-refractivity contribution in [1.29, 1.82) is 0 Å². The van der Waals surface area contributed by atoms with Crippen molar-refractivity contribution in [1.82, 2.24) is 19.3 Å². The van der Waals surface area contributed by atoms with Gasteiger partial charge in [0.1, 0.15) is 5.82 Å². The van der Waals surface area contributed by atoms with E-state index < -0.39 is 7.59 Å². The largest absolute Gasteiger partial charge is 0.353 e. The van der Waals surface area contributed by atoms with Crippen molar-refractivity contribution in [2.45, 2.75) is 0 Å². The number of nitrogens with zero attached hydrogens (tertiary/aromatic N) is 5. The summed E-state index contributed by atoms with van der Waals surface area (Å²) in [5, 5.41) is 3.06. The van der Waals surface area contributed by atoms with Gasteiger partial charge in [0.15, 0.2) is 0 Å². The quantitative estimate of drug-likeness (QED) is 0.613. The number of hydrogen-bond donors (Lipinski definition) is 1. The van der Waals surface area contributed by atoms with Crippen molar-refractivity contribution in [2.75, 3.05) is 49.3 Å². The van der Waals surface area contributed by atoms with Crippen LogP contribution in [-0.4, -0.2) is 58.6 Å². The molecule has 4 rings (SSSR count). The van der Waals surface area contributed by atoms with Crippen molar-refractivity contribution in [3.05, 3.63) is 12.3 Å². The Labute approximate surface area is 105 Å². The minimum atomic E-state index is -2.62. The highest BCUT2D eigenvalue weighted by molar-refractivity contribution is 7.61. The standard InChI is InChI=1S/C10H15N6OP/c17-18(15-5-6-15,16-7-8-16)13-10-11-2-1-9(12-10)14-3-4-14/h1-2H,3-8H2,(H,11,12,13,17). The summed E-state index contributed by atoms with van der Waals surface area (Å²) in [4.78, 5) is 10.7. The fraction of sp³-hybridized carbons (Fsp3) is 0.600. The van der Waals surface area contributed by atoms with E-state index in [1.165, 1.54) is 0 Å². The van der Waals surface area contributed by atoms with Crippen LogP contribution in [0.25, 0.3) is 0 Å². The molecule has 18 heavy (non-hydrogen) atoms. The topological polar surface area (TPSA) is 63.9 Å². The summed E-state index contributed by atoms with van der Waals surface area (Å²) in [6, 6.07) is 1.89. The third-order valence-electron chi connectivity index (χ3n) is 3.27. The van der Waals surface area contributed by atoms with Gasteiger partial charge in [-0.3, -0.25) is 9.65 Å². The van der Waals surface area contributed by atoms with Gasteiger partial charge in [-0.1, -0.05) is 0 Å². The maximum absolute atomic E-state index is 12.9. The molecule has 7 nitrogen and oxygen atoms in total. The number of anilines is 2. The van der Waals surface area contributed by atoms with Crippen LogP contribution in [0.3, 0.4) is 0 Å². The Morgan fingerprint density at radius 2 is 1.78 bits per heavy atom. The Kier molecular flexibility index (Phi) is 2.18. The second-order valence-corrected chi connectivity index (χ2v) is 7.23. The first-order valence-electron chi connectivity index (χ1n) is 6.23. The first kappa shape index (κ1) is 10.7. The van der Waals surface area contributed by atoms with E-state index in [1.54, 1.807) is 6.20 Å². The van der Waals surface area contributed by atoms with Gasteiger partial charge in [0.25, 0.3) is 0 Å². The molecule has 0 spiro atoms. The smallest absolute Gasteiger partial charge is 0.311 e. The molecule has 96 valence electrons. The lowest BCUT2D eigenvalue weighted by Gasteiger charge is -2.20. The minimum absolute atomic E-state index is 0.474. The normalized spacial score (nSPS) is 23.0. The van der Waals surface area contributed by atoms with E-state index in [0.717, 1.165) is 45.1 Å². The molecule has 3 aliphatic heterocycles. The minimum Gasteiger partial charge on any atom is -0.353 e. The van der Waals surface area contributed by atoms with Crippen molar-refractivity contribution >= 4 is 19.4 Å². The lowest BCUT2D eigenvalue weighted by molar-refractivity contribution is 0.523. The lowest BCUT2D eigenvalue weighted by Crippen LogP contribution is -2.14. The summed E-state index contributed by atoms with van der Waals surface area (Å²) in [6.45, 7) is 5.68. The van der Waals surface area contributed by atoms with Gasteiger partial charge in [-0.15, -0.1) is 0 Å². The zero-order valence-corrected chi connectivity index (χ0v) is 10.9. The predicted molar refractivity (Wildman–Crippen MR) is 68.6 cm³/mol. The highest BCUT2D eigenvalue weighted by Crippen LogP contribution is 2.59. The van der Waals surface area contributed by atoms with Crippen LogP contribution in [0.4, 0.5) is 11.8 Å². The number of hydrogen-bond acceptors (Lipinski definition) is 4. The lowest BCUT2D eigenvalue weighted by atomic mass is 10.6. The summed E-state index contributed by atoms with van der Waals surface area (Å²) in [5.41, 5.74) is 0. The molecular weight excluding hydrogens is 251 g/mol. The van der Waals surface area contributed by atoms with E-state index in [1.807, 2.05) is 15.4 Å². The summed E-state index contributed by atoms with van der Waals surface area (Å²) in [7, 11) is -2.62. The molecule has 0 bridgehead atoms. The van der Waals surface area contributed by atoms with E-state index in [9.17, 15) is 4.57 Å². The average molecular weight is 266 g/mol. The molecule has 1 N–H and O–H groups in total. The van der Waals surface area contributed by atoms with Gasteiger partial charge in [0.2, 0.25) is 5.95 Å². The summed E-state index contributed by atoms with van der Waals surface area (Å²) >= 11 is 0. The number of aromatic nitrogens is 2. The first-order valence-corrected chi connectivity index (χ1v) is 7.84. The number of nitrogens with one attached hydrogen (secondary N) is 1. The molecule has 0 amide bonds. The van der Waals surface area contributed by atoms with Gasteiger partial charge >= 0.3 is 7.59 Å². The monoisotopic (exact) mass is 266 g/mol. The Morgan fingerprint density at radius 1 is 1.11 bits per heavy atom. The van der Waals surface area contributed by atoms with E-state index in [4.69, 9.17) is 0 Å². The van der Waals surface area contributed by atoms with Crippen LogP contribution in [0, 0.1) is 0 Å². The van der Waals surface area contributed by atoms with Crippen LogP contribution in [0.2, 0.25) is 0 Å². The van der Waals surface area contributed by atoms with Crippen molar-refractivity contribution in [3.8, 4) is 0 Å². The molecule has 0 atom stereocenters. The molecule has 0 aliphatic carbocycles. The molecular formula is C10H15N6OP. The molecule has 0 unspecified atom stereocenters. The zero-order chi connectivity index (χ0) is 12.2. The maximum Gasteiger partial charge on any atom is 0.311 e. The Morgan fingerprint density at radius 3 is 2.33 bits per heavy atom. The molecule has 0 saturated carbocycles. The third kappa shape index (κ3) is 1.88. The van der Waals surface area contributed by atoms with Gasteiger partial charge < -0.3 is 4.90 Å². The molecule has 0 radical (unpaired) electrons. The average Bonchev–Trinajstić information content (AvgIpc) is 3.27. The van der Waals surface area contributed by atoms with Crippen LogP contribution >= 0.6 is 7.59 Å². The highest BCUT2D eigenvalue weighted by atomic mass is 31.2. The summed E-state index contributed by atoms with van der Waals surface area (Å²) in [5.74, 6) is 1.39. The van der Waals surface area contributed by atoms with Crippen LogP contribution in [0.1, 0.15) is 0 Å². The third-order valence-corrected chi connectivity index (χ3v) is 6.10. The maximum atomic E-state index is 12.9. The Balaban J connectivity index is 1.58. The second-order valence-electron chi connectivity index (χ2n) is 4.79. The van der Waals surface area contributed by atoms with E-state index in [-0.39, 0.29) is 0 Å². The molecule has 4 heterocycles. The molecule has 0 aromatic carbocycles. The van der Waals surface area contributed by atoms with Crippen LogP contribution in [0.5, 0.6) is 0 Å². The van der Waals surface area contributed by atoms with Gasteiger partial charge in [-0.2, -0.15) is 4.98 Å². The van der Waals surface area contributed by atoms with Crippen LogP contribution in [-0.2, 0) is 4.57 Å². The van der Waals surface area contributed by atoms with E-state index >= 15 is 0 Å². The summed E-state index contributed by atoms with van der Waals surface area (Å²) in [6.07, 6.45) is 1.72. The summed E-state index contributed by atoms with van der Waals surface area (Å²) < 4.78 is 16.8. The highest BCUT2D eigenvalue weighted by Gasteiger charge is 2.48. The fourth-order valence-corrected chi connectivity index (χ4v) is 4.21. The molecule has 8 heteroatoms. The molecule has 3 fully saturated rings. The van der Waals surface area contributed by atoms with Crippen LogP contribution < -0.4 is 9.99 Å². The van der Waals surface area contributed by atoms with E-state index in [2.05, 4.69) is 20.0 Å². The van der Waals surface area contributed by atoms with Gasteiger partial charge in [0.05, 0.1) is 0 Å². The molecule has 3 saturated heterocycles. The first-order chi connectivity index (χ1) is 8.75. The fourth-order valence-electron chi connectivity index (χ4n) is 1.94. The second kappa shape index (κ2) is 3.66. The van der Waals surface area contributed by atoms with Crippen molar-refractivity contribution < 1.29 is 4.57 Å². The van der Waals surface area contributed by atoms with Gasteiger partial charge in [-0.05, 0) is 6.07 Å². The molecule has 3 aliphatic rings. The van der Waals surface area contributed by atoms with Crippen molar-refractivity contribution in [2.24, 2.45) is 0 Å². The zero-order valence-electron chi connectivity index (χ0n) is 9.99.